The van der Waals surface area contributed by atoms with E-state index in [2.05, 4.69) is 21.7 Å². The van der Waals surface area contributed by atoms with E-state index in [1.807, 2.05) is 48.7 Å². The molecule has 0 saturated heterocycles. The predicted octanol–water partition coefficient (Wildman–Crippen LogP) is 3.93. The fraction of sp³-hybridized carbons (Fsp3) is 0.414. The van der Waals surface area contributed by atoms with E-state index in [1.54, 1.807) is 16.7 Å². The summed E-state index contributed by atoms with van der Waals surface area (Å²) in [5.74, 6) is 0.234. The molecular formula is C29H32N4O3S. The Labute approximate surface area is 220 Å². The Morgan fingerprint density at radius 2 is 1.86 bits per heavy atom. The lowest BCUT2D eigenvalue weighted by atomic mass is 9.89. The van der Waals surface area contributed by atoms with Gasteiger partial charge in [-0.2, -0.15) is 11.8 Å². The molecule has 3 heterocycles. The number of aromatic nitrogens is 1. The van der Waals surface area contributed by atoms with Gasteiger partial charge in [0, 0.05) is 34.6 Å². The monoisotopic (exact) mass is 516 g/mol. The number of hydrogen-bond donors (Lipinski definition) is 3. The van der Waals surface area contributed by atoms with Gasteiger partial charge in [0.05, 0.1) is 6.04 Å². The van der Waals surface area contributed by atoms with E-state index in [0.717, 1.165) is 59.2 Å². The number of hydrogen-bond acceptors (Lipinski definition) is 4. The molecule has 3 aliphatic rings. The van der Waals surface area contributed by atoms with Crippen molar-refractivity contribution >= 4 is 40.4 Å². The highest BCUT2D eigenvalue weighted by Crippen LogP contribution is 2.46. The van der Waals surface area contributed by atoms with E-state index in [0.29, 0.717) is 18.4 Å². The minimum Gasteiger partial charge on any atom is -0.356 e. The van der Waals surface area contributed by atoms with Crippen molar-refractivity contribution in [2.45, 2.75) is 62.7 Å². The maximum Gasteiger partial charge on any atom is 0.255 e. The molecule has 7 nitrogen and oxygen atoms in total. The normalized spacial score (nSPS) is 21.4. The Kier molecular flexibility index (Phi) is 6.44. The van der Waals surface area contributed by atoms with Crippen LogP contribution in [0.2, 0.25) is 0 Å². The van der Waals surface area contributed by atoms with Crippen molar-refractivity contribution in [2.75, 3.05) is 12.0 Å². The Hall–Kier alpha value is -3.26. The van der Waals surface area contributed by atoms with E-state index >= 15 is 0 Å². The summed E-state index contributed by atoms with van der Waals surface area (Å²) in [6.07, 6.45) is 7.18. The minimum atomic E-state index is -0.701. The second kappa shape index (κ2) is 9.89. The van der Waals surface area contributed by atoms with Crippen LogP contribution in [-0.2, 0) is 16.0 Å². The van der Waals surface area contributed by atoms with E-state index in [4.69, 9.17) is 0 Å². The fourth-order valence-electron chi connectivity index (χ4n) is 6.28. The fourth-order valence-corrected chi connectivity index (χ4v) is 6.75. The summed E-state index contributed by atoms with van der Waals surface area (Å²) >= 11 is 1.65. The van der Waals surface area contributed by atoms with Crippen LogP contribution in [0, 0.1) is 0 Å². The summed E-state index contributed by atoms with van der Waals surface area (Å²) in [7, 11) is 0. The lowest BCUT2D eigenvalue weighted by Crippen LogP contribution is -2.57. The van der Waals surface area contributed by atoms with Gasteiger partial charge >= 0.3 is 0 Å². The van der Waals surface area contributed by atoms with Crippen LogP contribution < -0.4 is 10.6 Å². The van der Waals surface area contributed by atoms with Crippen LogP contribution in [0.4, 0.5) is 0 Å². The van der Waals surface area contributed by atoms with Crippen molar-refractivity contribution in [3.63, 3.8) is 0 Å². The number of amides is 3. The van der Waals surface area contributed by atoms with Gasteiger partial charge < -0.3 is 20.5 Å². The third-order valence-electron chi connectivity index (χ3n) is 8.10. The molecule has 0 spiro atoms. The average molecular weight is 517 g/mol. The number of thioether (sulfide) groups is 1. The van der Waals surface area contributed by atoms with Crippen LogP contribution >= 0.6 is 11.8 Å². The topological polar surface area (TPSA) is 94.3 Å². The zero-order valence-corrected chi connectivity index (χ0v) is 21.8. The molecule has 0 radical (unpaired) electrons. The zero-order chi connectivity index (χ0) is 25.5. The number of para-hydroxylation sites is 1. The van der Waals surface area contributed by atoms with Gasteiger partial charge in [-0.3, -0.25) is 14.4 Å². The number of nitrogens with zero attached hydrogens (tertiary/aromatic N) is 1. The van der Waals surface area contributed by atoms with Gasteiger partial charge in [-0.15, -0.1) is 0 Å². The molecule has 2 aromatic carbocycles. The standard InChI is InChI=1S/C29H32N4O3S/c1-37-15-14-23(27(34)30-17-8-2-3-9-17)32-28(35)24-16-21-18-10-6-7-13-22(18)31-25(21)26-19-11-4-5-12-20(19)29(36)33(24)26/h4-7,10-13,17,23-24,26,31H,2-3,8-9,14-16H2,1H3,(H,30,34)(H,32,35)/t23-,24-,26-/m0/s1. The molecule has 1 saturated carbocycles. The Balaban J connectivity index is 1.34. The third kappa shape index (κ3) is 4.21. The second-order valence-electron chi connectivity index (χ2n) is 10.3. The lowest BCUT2D eigenvalue weighted by molar-refractivity contribution is -0.132. The van der Waals surface area contributed by atoms with Crippen LogP contribution in [0.5, 0.6) is 0 Å². The molecule has 3 atom stereocenters. The van der Waals surface area contributed by atoms with Crippen LogP contribution in [0.25, 0.3) is 10.9 Å². The molecular weight excluding hydrogens is 484 g/mol. The number of nitrogens with one attached hydrogen (secondary N) is 3. The summed E-state index contributed by atoms with van der Waals surface area (Å²) in [5.41, 5.74) is 4.59. The SMILES string of the molecule is CSCC[C@H](NC(=O)[C@@H]1Cc2c([nH]c3ccccc23)[C@@H]2c3ccccc3C(=O)N21)C(=O)NC1CCCC1. The van der Waals surface area contributed by atoms with E-state index in [-0.39, 0.29) is 29.8 Å². The van der Waals surface area contributed by atoms with Crippen LogP contribution in [0.3, 0.4) is 0 Å². The van der Waals surface area contributed by atoms with Gasteiger partial charge in [-0.05, 0) is 54.5 Å². The minimum absolute atomic E-state index is 0.120. The van der Waals surface area contributed by atoms with Gasteiger partial charge in [-0.25, -0.2) is 0 Å². The van der Waals surface area contributed by atoms with E-state index < -0.39 is 12.1 Å². The average Bonchev–Trinajstić information content (AvgIpc) is 3.63. The molecule has 1 fully saturated rings. The van der Waals surface area contributed by atoms with E-state index in [1.165, 1.54) is 0 Å². The molecule has 1 aliphatic carbocycles. The molecule has 6 rings (SSSR count). The molecule has 2 aliphatic heterocycles. The van der Waals surface area contributed by atoms with Crippen molar-refractivity contribution < 1.29 is 14.4 Å². The van der Waals surface area contributed by atoms with Gasteiger partial charge in [0.2, 0.25) is 11.8 Å². The Bertz CT molecular complexity index is 1360. The molecule has 1 aromatic heterocycles. The smallest absolute Gasteiger partial charge is 0.255 e. The van der Waals surface area contributed by atoms with Gasteiger partial charge in [0.25, 0.3) is 5.91 Å². The summed E-state index contributed by atoms with van der Waals surface area (Å²) in [5, 5.41) is 7.28. The largest absolute Gasteiger partial charge is 0.356 e. The molecule has 37 heavy (non-hydrogen) atoms. The van der Waals surface area contributed by atoms with Crippen LogP contribution in [0.15, 0.2) is 48.5 Å². The van der Waals surface area contributed by atoms with Gasteiger partial charge in [0.15, 0.2) is 0 Å². The first-order valence-corrected chi connectivity index (χ1v) is 14.6. The lowest BCUT2D eigenvalue weighted by Gasteiger charge is -2.37. The van der Waals surface area contributed by atoms with Gasteiger partial charge in [0.1, 0.15) is 12.1 Å². The number of aromatic amines is 1. The molecule has 0 bridgehead atoms. The maximum absolute atomic E-state index is 13.9. The predicted molar refractivity (Wildman–Crippen MR) is 146 cm³/mol. The number of rotatable bonds is 7. The summed E-state index contributed by atoms with van der Waals surface area (Å²) in [6.45, 7) is 0. The van der Waals surface area contributed by atoms with Crippen molar-refractivity contribution in [1.29, 1.82) is 0 Å². The maximum atomic E-state index is 13.9. The molecule has 3 aromatic rings. The van der Waals surface area contributed by atoms with E-state index in [9.17, 15) is 14.4 Å². The van der Waals surface area contributed by atoms with Crippen molar-refractivity contribution in [3.05, 3.63) is 70.9 Å². The highest BCUT2D eigenvalue weighted by Gasteiger charge is 2.49. The first-order valence-electron chi connectivity index (χ1n) is 13.2. The first kappa shape index (κ1) is 24.1. The van der Waals surface area contributed by atoms with Crippen molar-refractivity contribution in [1.82, 2.24) is 20.5 Å². The highest BCUT2D eigenvalue weighted by atomic mass is 32.2. The molecule has 192 valence electrons. The zero-order valence-electron chi connectivity index (χ0n) is 21.0. The molecule has 3 N–H and O–H groups in total. The summed E-state index contributed by atoms with van der Waals surface area (Å²) in [4.78, 5) is 46.0. The quantitative estimate of drug-likeness (QED) is 0.444. The number of H-pyrrole nitrogens is 1. The molecule has 3 amide bonds. The Morgan fingerprint density at radius 1 is 1.11 bits per heavy atom. The van der Waals surface area contributed by atoms with Crippen LogP contribution in [0.1, 0.15) is 65.3 Å². The van der Waals surface area contributed by atoms with Crippen LogP contribution in [-0.4, -0.2) is 57.7 Å². The summed E-state index contributed by atoms with van der Waals surface area (Å²) < 4.78 is 0. The number of carbonyl (C=O) groups is 3. The third-order valence-corrected chi connectivity index (χ3v) is 8.74. The van der Waals surface area contributed by atoms with Gasteiger partial charge in [-0.1, -0.05) is 49.2 Å². The number of benzene rings is 2. The van der Waals surface area contributed by atoms with Crippen molar-refractivity contribution in [2.24, 2.45) is 0 Å². The first-order chi connectivity index (χ1) is 18.1. The number of fused-ring (bicyclic) bond motifs is 7. The number of carbonyl (C=O) groups excluding carboxylic acids is 3. The molecule has 0 unspecified atom stereocenters. The summed E-state index contributed by atoms with van der Waals surface area (Å²) in [6, 6.07) is 14.2. The Morgan fingerprint density at radius 3 is 2.68 bits per heavy atom. The highest BCUT2D eigenvalue weighted by molar-refractivity contribution is 7.98. The molecule has 8 heteroatoms. The van der Waals surface area contributed by atoms with Crippen molar-refractivity contribution in [3.8, 4) is 0 Å². The second-order valence-corrected chi connectivity index (χ2v) is 11.3.